The van der Waals surface area contributed by atoms with Crippen molar-refractivity contribution in [3.63, 3.8) is 0 Å². The van der Waals surface area contributed by atoms with Gasteiger partial charge in [-0.25, -0.2) is 0 Å². The summed E-state index contributed by atoms with van der Waals surface area (Å²) in [7, 11) is 0. The van der Waals surface area contributed by atoms with Gasteiger partial charge in [0.05, 0.1) is 4.92 Å². The molecule has 0 aliphatic carbocycles. The zero-order valence-corrected chi connectivity index (χ0v) is 13.9. The molecule has 7 nitrogen and oxygen atoms in total. The van der Waals surface area contributed by atoms with Crippen LogP contribution in [0.5, 0.6) is 0 Å². The van der Waals surface area contributed by atoms with Crippen LogP contribution in [0, 0.1) is 10.1 Å². The summed E-state index contributed by atoms with van der Waals surface area (Å²) in [5.74, 6) is -0.120. The molecule has 0 spiro atoms. The maximum atomic E-state index is 12.5. The minimum atomic E-state index is -0.457. The van der Waals surface area contributed by atoms with Crippen molar-refractivity contribution < 1.29 is 14.5 Å². The van der Waals surface area contributed by atoms with Crippen LogP contribution in [0.1, 0.15) is 44.6 Å². The Morgan fingerprint density at radius 3 is 2.62 bits per heavy atom. The van der Waals surface area contributed by atoms with Gasteiger partial charge in [0.1, 0.15) is 6.04 Å². The Kier molecular flexibility index (Phi) is 6.28. The van der Waals surface area contributed by atoms with Crippen molar-refractivity contribution in [1.82, 2.24) is 10.2 Å². The molecule has 0 aromatic heterocycles. The van der Waals surface area contributed by atoms with Gasteiger partial charge in [-0.1, -0.05) is 19.1 Å². The van der Waals surface area contributed by atoms with Gasteiger partial charge in [0.2, 0.25) is 11.8 Å². The Bertz CT molecular complexity index is 600. The molecule has 7 heteroatoms. The Morgan fingerprint density at radius 2 is 2.00 bits per heavy atom. The molecule has 24 heavy (non-hydrogen) atoms. The Labute approximate surface area is 141 Å². The molecule has 2 amide bonds. The van der Waals surface area contributed by atoms with E-state index in [0.29, 0.717) is 25.9 Å². The van der Waals surface area contributed by atoms with Crippen molar-refractivity contribution in [3.05, 3.63) is 39.9 Å². The van der Waals surface area contributed by atoms with E-state index in [-0.39, 0.29) is 17.5 Å². The Balaban J connectivity index is 1.94. The van der Waals surface area contributed by atoms with Gasteiger partial charge in [-0.05, 0) is 31.2 Å². The number of nitrogens with one attached hydrogen (secondary N) is 1. The maximum Gasteiger partial charge on any atom is 0.269 e. The molecule has 130 valence electrons. The number of piperidine rings is 1. The second-order valence-electron chi connectivity index (χ2n) is 5.99. The lowest BCUT2D eigenvalue weighted by molar-refractivity contribution is -0.384. The van der Waals surface area contributed by atoms with Crippen LogP contribution in [0.2, 0.25) is 0 Å². The number of benzene rings is 1. The molecule has 1 fully saturated rings. The minimum Gasteiger partial charge on any atom is -0.350 e. The molecule has 0 unspecified atom stereocenters. The molecule has 2 rings (SSSR count). The highest BCUT2D eigenvalue weighted by Crippen LogP contribution is 2.19. The van der Waals surface area contributed by atoms with Gasteiger partial charge in [-0.15, -0.1) is 0 Å². The van der Waals surface area contributed by atoms with Crippen molar-refractivity contribution in [2.45, 2.75) is 51.6 Å². The van der Waals surface area contributed by atoms with Crippen LogP contribution < -0.4 is 5.32 Å². The number of hydrogen-bond acceptors (Lipinski definition) is 4. The fourth-order valence-corrected chi connectivity index (χ4v) is 2.90. The molecule has 1 aliphatic heterocycles. The minimum absolute atomic E-state index is 0.0219. The van der Waals surface area contributed by atoms with E-state index in [1.54, 1.807) is 17.0 Å². The third-order valence-corrected chi connectivity index (χ3v) is 4.20. The standard InChI is InChI=1S/C17H23N3O4/c1-2-5-16(21)19-11-4-3-6-15(19)17(22)18-12-13-7-9-14(10-8-13)20(23)24/h7-10,15H,2-6,11-12H2,1H3,(H,18,22)/t15-/m1/s1. The van der Waals surface area contributed by atoms with Crippen LogP contribution >= 0.6 is 0 Å². The summed E-state index contributed by atoms with van der Waals surface area (Å²) >= 11 is 0. The fourth-order valence-electron chi connectivity index (χ4n) is 2.90. The lowest BCUT2D eigenvalue weighted by Gasteiger charge is -2.34. The summed E-state index contributed by atoms with van der Waals surface area (Å²) in [4.78, 5) is 36.5. The second kappa shape index (κ2) is 8.42. The zero-order valence-electron chi connectivity index (χ0n) is 13.9. The average molecular weight is 333 g/mol. The first-order valence-electron chi connectivity index (χ1n) is 8.33. The van der Waals surface area contributed by atoms with E-state index in [2.05, 4.69) is 5.32 Å². The quantitative estimate of drug-likeness (QED) is 0.639. The molecule has 1 saturated heterocycles. The highest BCUT2D eigenvalue weighted by Gasteiger charge is 2.31. The number of carbonyl (C=O) groups is 2. The SMILES string of the molecule is CCCC(=O)N1CCCC[C@@H]1C(=O)NCc1ccc([N+](=O)[O-])cc1. The molecule has 0 saturated carbocycles. The lowest BCUT2D eigenvalue weighted by atomic mass is 10.0. The fraction of sp³-hybridized carbons (Fsp3) is 0.529. The smallest absolute Gasteiger partial charge is 0.269 e. The van der Waals surface area contributed by atoms with Crippen molar-refractivity contribution in [2.24, 2.45) is 0 Å². The number of non-ortho nitro benzene ring substituents is 1. The van der Waals surface area contributed by atoms with Gasteiger partial charge in [-0.2, -0.15) is 0 Å². The van der Waals surface area contributed by atoms with Gasteiger partial charge < -0.3 is 10.2 Å². The normalized spacial score (nSPS) is 17.4. The molecule has 0 radical (unpaired) electrons. The topological polar surface area (TPSA) is 92.6 Å². The average Bonchev–Trinajstić information content (AvgIpc) is 2.60. The highest BCUT2D eigenvalue weighted by atomic mass is 16.6. The summed E-state index contributed by atoms with van der Waals surface area (Å²) < 4.78 is 0. The van der Waals surface area contributed by atoms with Crippen LogP contribution in [0.15, 0.2) is 24.3 Å². The molecular formula is C17H23N3O4. The van der Waals surface area contributed by atoms with E-state index < -0.39 is 11.0 Å². The molecule has 0 bridgehead atoms. The van der Waals surface area contributed by atoms with E-state index in [9.17, 15) is 19.7 Å². The molecular weight excluding hydrogens is 310 g/mol. The number of rotatable bonds is 6. The second-order valence-corrected chi connectivity index (χ2v) is 5.99. The molecule has 1 aromatic carbocycles. The van der Waals surface area contributed by atoms with Gasteiger partial charge in [0, 0.05) is 31.6 Å². The van der Waals surface area contributed by atoms with Gasteiger partial charge in [-0.3, -0.25) is 19.7 Å². The van der Waals surface area contributed by atoms with Crippen molar-refractivity contribution in [3.8, 4) is 0 Å². The van der Waals surface area contributed by atoms with Crippen LogP contribution in [0.25, 0.3) is 0 Å². The van der Waals surface area contributed by atoms with E-state index in [1.165, 1.54) is 12.1 Å². The highest BCUT2D eigenvalue weighted by molar-refractivity contribution is 5.87. The van der Waals surface area contributed by atoms with E-state index >= 15 is 0 Å². The predicted molar refractivity (Wildman–Crippen MR) is 89.2 cm³/mol. The van der Waals surface area contributed by atoms with Crippen LogP contribution in [-0.2, 0) is 16.1 Å². The number of amides is 2. The number of hydrogen-bond donors (Lipinski definition) is 1. The van der Waals surface area contributed by atoms with Crippen LogP contribution in [-0.4, -0.2) is 34.2 Å². The number of nitrogens with zero attached hydrogens (tertiary/aromatic N) is 2. The van der Waals surface area contributed by atoms with E-state index in [4.69, 9.17) is 0 Å². The van der Waals surface area contributed by atoms with E-state index in [0.717, 1.165) is 24.8 Å². The van der Waals surface area contributed by atoms with E-state index in [1.807, 2.05) is 6.92 Å². The van der Waals surface area contributed by atoms with Crippen molar-refractivity contribution >= 4 is 17.5 Å². The summed E-state index contributed by atoms with van der Waals surface area (Å²) in [5, 5.41) is 13.5. The molecule has 1 atom stereocenters. The first-order chi connectivity index (χ1) is 11.5. The first-order valence-corrected chi connectivity index (χ1v) is 8.33. The number of likely N-dealkylation sites (tertiary alicyclic amines) is 1. The molecule has 1 aliphatic rings. The number of carbonyl (C=O) groups excluding carboxylic acids is 2. The molecule has 1 N–H and O–H groups in total. The third-order valence-electron chi connectivity index (χ3n) is 4.20. The monoisotopic (exact) mass is 333 g/mol. The number of nitro groups is 1. The predicted octanol–water partition coefficient (Wildman–Crippen LogP) is 2.39. The maximum absolute atomic E-state index is 12.5. The third kappa shape index (κ3) is 4.53. The largest absolute Gasteiger partial charge is 0.350 e. The summed E-state index contributed by atoms with van der Waals surface area (Å²) in [6, 6.07) is 5.67. The molecule has 1 heterocycles. The van der Waals surface area contributed by atoms with Crippen LogP contribution in [0.4, 0.5) is 5.69 Å². The summed E-state index contributed by atoms with van der Waals surface area (Å²) in [6.45, 7) is 2.88. The van der Waals surface area contributed by atoms with Gasteiger partial charge >= 0.3 is 0 Å². The number of nitro benzene ring substituents is 1. The van der Waals surface area contributed by atoms with Crippen LogP contribution in [0.3, 0.4) is 0 Å². The lowest BCUT2D eigenvalue weighted by Crippen LogP contribution is -2.51. The molecule has 1 aromatic rings. The Morgan fingerprint density at radius 1 is 1.29 bits per heavy atom. The summed E-state index contributed by atoms with van der Waals surface area (Å²) in [5.41, 5.74) is 0.810. The van der Waals surface area contributed by atoms with Gasteiger partial charge in [0.15, 0.2) is 0 Å². The Hall–Kier alpha value is -2.44. The van der Waals surface area contributed by atoms with Crippen molar-refractivity contribution in [2.75, 3.05) is 6.54 Å². The zero-order chi connectivity index (χ0) is 17.5. The van der Waals surface area contributed by atoms with Gasteiger partial charge in [0.25, 0.3) is 5.69 Å². The van der Waals surface area contributed by atoms with Crippen molar-refractivity contribution in [1.29, 1.82) is 0 Å². The first kappa shape index (κ1) is 17.9. The summed E-state index contributed by atoms with van der Waals surface area (Å²) in [6.07, 6.45) is 3.78.